The third-order valence-electron chi connectivity index (χ3n) is 2.98. The van der Waals surface area contributed by atoms with Crippen molar-refractivity contribution in [2.45, 2.75) is 33.9 Å². The fourth-order valence-corrected chi connectivity index (χ4v) is 1.79. The number of methoxy groups -OCH3 is 1. The van der Waals surface area contributed by atoms with Crippen molar-refractivity contribution in [1.29, 1.82) is 0 Å². The molecule has 132 valence electrons. The van der Waals surface area contributed by atoms with Crippen LogP contribution in [0.2, 0.25) is 0 Å². The summed E-state index contributed by atoms with van der Waals surface area (Å²) in [6.45, 7) is 6.24. The number of halogens is 2. The summed E-state index contributed by atoms with van der Waals surface area (Å²) < 4.78 is 25.3. The Morgan fingerprint density at radius 2 is 1.79 bits per heavy atom. The number of hydrogen-bond donors (Lipinski definition) is 0. The van der Waals surface area contributed by atoms with Gasteiger partial charge < -0.3 is 26.5 Å². The largest absolute Gasteiger partial charge is 1.00 e. The lowest BCUT2D eigenvalue weighted by atomic mass is 10.2. The highest BCUT2D eigenvalue weighted by Gasteiger charge is 2.09. The highest BCUT2D eigenvalue weighted by molar-refractivity contribution is 5.67. The van der Waals surface area contributed by atoms with Crippen molar-refractivity contribution < 1.29 is 40.2 Å². The minimum Gasteiger partial charge on any atom is -1.00 e. The first-order valence-corrected chi connectivity index (χ1v) is 7.52. The van der Waals surface area contributed by atoms with Crippen molar-refractivity contribution in [2.24, 2.45) is 0 Å². The van der Waals surface area contributed by atoms with E-state index in [0.29, 0.717) is 0 Å². The van der Waals surface area contributed by atoms with Crippen LogP contribution in [0.5, 0.6) is 5.75 Å². The number of hydrogen-bond acceptors (Lipinski definition) is 3. The van der Waals surface area contributed by atoms with Crippen LogP contribution in [-0.4, -0.2) is 13.1 Å². The van der Waals surface area contributed by atoms with Crippen LogP contribution in [0.3, 0.4) is 0 Å². The molecule has 0 spiro atoms. The second-order valence-corrected chi connectivity index (χ2v) is 4.68. The zero-order valence-corrected chi connectivity index (χ0v) is 16.0. The van der Waals surface area contributed by atoms with E-state index >= 15 is 0 Å². The van der Waals surface area contributed by atoms with E-state index in [9.17, 15) is 9.18 Å². The van der Waals surface area contributed by atoms with E-state index in [1.54, 1.807) is 29.1 Å². The molecule has 2 rings (SSSR count). The first kappa shape index (κ1) is 22.1. The van der Waals surface area contributed by atoms with Gasteiger partial charge in [0.2, 0.25) is 6.54 Å². The fraction of sp³-hybridized carbons (Fsp3) is 0.333. The molecule has 1 heterocycles. The number of carbonyl (C=O) groups excluding carboxylic acids is 1. The molecule has 0 atom stereocenters. The van der Waals surface area contributed by atoms with Crippen LogP contribution in [0.4, 0.5) is 4.39 Å². The van der Waals surface area contributed by atoms with Crippen LogP contribution in [-0.2, 0) is 22.7 Å². The predicted molar refractivity (Wildman–Crippen MR) is 85.5 cm³/mol. The molecule has 24 heavy (non-hydrogen) atoms. The van der Waals surface area contributed by atoms with Crippen molar-refractivity contribution in [1.82, 2.24) is 0 Å². The Morgan fingerprint density at radius 3 is 2.33 bits per heavy atom. The molecular weight excluding hydrogens is 377 g/mol. The number of aromatic nitrogens is 1. The molecule has 4 nitrogen and oxygen atoms in total. The lowest BCUT2D eigenvalue weighted by Crippen LogP contribution is -3.00. The molecule has 0 aliphatic heterocycles. The van der Waals surface area contributed by atoms with Gasteiger partial charge in [-0.1, -0.05) is 19.9 Å². The maximum atomic E-state index is 13.6. The van der Waals surface area contributed by atoms with Crippen molar-refractivity contribution in [3.8, 4) is 5.75 Å². The van der Waals surface area contributed by atoms with Crippen LogP contribution in [0.15, 0.2) is 42.7 Å². The van der Waals surface area contributed by atoms with E-state index in [0.717, 1.165) is 11.1 Å². The molecule has 0 radical (unpaired) electrons. The van der Waals surface area contributed by atoms with E-state index in [-0.39, 0.29) is 47.7 Å². The first-order valence-electron chi connectivity index (χ1n) is 7.52. The highest BCUT2D eigenvalue weighted by Crippen LogP contribution is 2.19. The smallest absolute Gasteiger partial charge is 0.372 e. The number of benzene rings is 1. The summed E-state index contributed by atoms with van der Waals surface area (Å²) in [6.07, 6.45) is 3.50. The van der Waals surface area contributed by atoms with Crippen LogP contribution < -0.4 is 26.3 Å². The lowest BCUT2D eigenvalue weighted by molar-refractivity contribution is -0.686. The van der Waals surface area contributed by atoms with Crippen LogP contribution >= 0.6 is 0 Å². The summed E-state index contributed by atoms with van der Waals surface area (Å²) in [7, 11) is 1.35. The molecule has 1 aromatic heterocycles. The molecule has 0 saturated heterocycles. The van der Waals surface area contributed by atoms with Gasteiger partial charge in [-0.05, 0) is 24.6 Å². The molecule has 0 aliphatic carbocycles. The molecule has 0 aliphatic rings. The summed E-state index contributed by atoms with van der Waals surface area (Å²) in [5.74, 6) is -0.454. The monoisotopic (exact) mass is 399 g/mol. The van der Waals surface area contributed by atoms with Gasteiger partial charge in [-0.2, -0.15) is 4.57 Å². The minimum absolute atomic E-state index is 0. The zero-order valence-electron chi connectivity index (χ0n) is 14.4. The quantitative estimate of drug-likeness (QED) is 0.532. The number of carbonyl (C=O) groups is 1. The number of rotatable bonds is 5. The Hall–Kier alpha value is -1.95. The minimum atomic E-state index is -0.369. The average Bonchev–Trinajstić information content (AvgIpc) is 2.57. The third kappa shape index (κ3) is 7.08. The van der Waals surface area contributed by atoms with E-state index in [2.05, 4.69) is 4.74 Å². The zero-order chi connectivity index (χ0) is 17.2. The molecule has 0 unspecified atom stereocenters. The maximum absolute atomic E-state index is 13.6. The van der Waals surface area contributed by atoms with Crippen LogP contribution in [0.1, 0.15) is 25.0 Å². The predicted octanol–water partition coefficient (Wildman–Crippen LogP) is 0.204. The van der Waals surface area contributed by atoms with Gasteiger partial charge in [0, 0.05) is 17.7 Å². The SMILES string of the molecule is CC.COC(=O)C[n+]1ccc(COc2ccc(C)cc2F)cc1.[Br-]. The Kier molecular flexibility index (Phi) is 10.6. The van der Waals surface area contributed by atoms with Crippen molar-refractivity contribution in [3.63, 3.8) is 0 Å². The summed E-state index contributed by atoms with van der Waals surface area (Å²) in [5.41, 5.74) is 1.74. The molecule has 0 N–H and O–H groups in total. The Labute approximate surface area is 153 Å². The maximum Gasteiger partial charge on any atom is 0.372 e. The molecule has 2 aromatic rings. The van der Waals surface area contributed by atoms with Gasteiger partial charge in [0.1, 0.15) is 6.61 Å². The molecule has 0 saturated carbocycles. The number of esters is 1. The van der Waals surface area contributed by atoms with Crippen molar-refractivity contribution in [2.75, 3.05) is 7.11 Å². The molecular formula is C18H23BrFNO3. The van der Waals surface area contributed by atoms with Gasteiger partial charge in [0.05, 0.1) is 7.11 Å². The van der Waals surface area contributed by atoms with Crippen molar-refractivity contribution in [3.05, 3.63) is 59.7 Å². The van der Waals surface area contributed by atoms with Crippen LogP contribution in [0, 0.1) is 12.7 Å². The second-order valence-electron chi connectivity index (χ2n) is 4.68. The van der Waals surface area contributed by atoms with Gasteiger partial charge >= 0.3 is 5.97 Å². The summed E-state index contributed by atoms with van der Waals surface area (Å²) >= 11 is 0. The topological polar surface area (TPSA) is 39.4 Å². The Balaban J connectivity index is 0.00000170. The lowest BCUT2D eigenvalue weighted by Gasteiger charge is -2.07. The third-order valence-corrected chi connectivity index (χ3v) is 2.98. The average molecular weight is 400 g/mol. The van der Waals surface area contributed by atoms with Crippen LogP contribution in [0.25, 0.3) is 0 Å². The molecule has 1 aromatic carbocycles. The Bertz CT molecular complexity index is 633. The van der Waals surface area contributed by atoms with Gasteiger partial charge in [0.25, 0.3) is 0 Å². The van der Waals surface area contributed by atoms with E-state index in [4.69, 9.17) is 4.74 Å². The number of aryl methyl sites for hydroxylation is 1. The van der Waals surface area contributed by atoms with E-state index in [1.165, 1.54) is 13.2 Å². The standard InChI is InChI=1S/C16H17FNO3.C2H6.BrH/c1-12-3-4-15(14(17)9-12)21-11-13-5-7-18(8-6-13)10-16(19)20-2;1-2;/h3-9H,10-11H2,1-2H3;1-2H3;1H/q+1;;/p-1. The first-order chi connectivity index (χ1) is 11.1. The second kappa shape index (κ2) is 11.6. The number of pyridine rings is 1. The molecule has 0 amide bonds. The van der Waals surface area contributed by atoms with Gasteiger partial charge in [-0.3, -0.25) is 0 Å². The fourth-order valence-electron chi connectivity index (χ4n) is 1.79. The number of ether oxygens (including phenoxy) is 2. The number of nitrogens with zero attached hydrogens (tertiary/aromatic N) is 1. The van der Waals surface area contributed by atoms with Gasteiger partial charge in [0.15, 0.2) is 24.0 Å². The normalized spacial score (nSPS) is 9.21. The van der Waals surface area contributed by atoms with E-state index in [1.807, 2.05) is 32.9 Å². The molecule has 0 fully saturated rings. The van der Waals surface area contributed by atoms with Crippen molar-refractivity contribution >= 4 is 5.97 Å². The summed E-state index contributed by atoms with van der Waals surface area (Å²) in [5, 5.41) is 0. The molecule has 6 heteroatoms. The summed E-state index contributed by atoms with van der Waals surface area (Å²) in [4.78, 5) is 11.1. The Morgan fingerprint density at radius 1 is 1.17 bits per heavy atom. The highest BCUT2D eigenvalue weighted by atomic mass is 79.9. The van der Waals surface area contributed by atoms with Gasteiger partial charge in [-0.25, -0.2) is 9.18 Å². The summed E-state index contributed by atoms with van der Waals surface area (Å²) in [6, 6.07) is 8.48. The molecule has 0 bridgehead atoms. The van der Waals surface area contributed by atoms with E-state index < -0.39 is 0 Å². The van der Waals surface area contributed by atoms with Gasteiger partial charge in [-0.15, -0.1) is 0 Å².